The number of hydrogen-bond donors (Lipinski definition) is 0. The molecule has 1 atom stereocenters. The summed E-state index contributed by atoms with van der Waals surface area (Å²) in [6.45, 7) is 0.707. The van der Waals surface area contributed by atoms with Gasteiger partial charge in [-0.15, -0.1) is 0 Å². The fourth-order valence-electron chi connectivity index (χ4n) is 4.33. The van der Waals surface area contributed by atoms with Crippen LogP contribution in [0.15, 0.2) is 42.5 Å². The van der Waals surface area contributed by atoms with Crippen molar-refractivity contribution in [3.05, 3.63) is 65.2 Å². The predicted octanol–water partition coefficient (Wildman–Crippen LogP) is 5.54. The van der Waals surface area contributed by atoms with Crippen molar-refractivity contribution in [2.45, 2.75) is 57.3 Å². The molecule has 0 aromatic heterocycles. The van der Waals surface area contributed by atoms with Gasteiger partial charge in [-0.1, -0.05) is 37.5 Å². The van der Waals surface area contributed by atoms with Gasteiger partial charge in [0.1, 0.15) is 11.6 Å². The lowest BCUT2D eigenvalue weighted by Crippen LogP contribution is -2.31. The number of halogens is 2. The first-order chi connectivity index (χ1) is 15.7. The molecule has 0 bridgehead atoms. The summed E-state index contributed by atoms with van der Waals surface area (Å²) < 4.78 is 54.1. The van der Waals surface area contributed by atoms with Crippen LogP contribution >= 0.6 is 0 Å². The van der Waals surface area contributed by atoms with E-state index in [1.807, 2.05) is 0 Å². The Kier molecular flexibility index (Phi) is 8.97. The maximum atomic E-state index is 14.1. The van der Waals surface area contributed by atoms with Gasteiger partial charge in [-0.05, 0) is 61.1 Å². The van der Waals surface area contributed by atoms with E-state index in [1.165, 1.54) is 24.3 Å². The Labute approximate surface area is 194 Å². The van der Waals surface area contributed by atoms with Crippen molar-refractivity contribution in [3.63, 3.8) is 0 Å². The molecule has 2 aromatic carbocycles. The van der Waals surface area contributed by atoms with Crippen molar-refractivity contribution in [2.75, 3.05) is 24.3 Å². The molecule has 0 aliphatic carbocycles. The molecule has 1 aliphatic heterocycles. The fourth-order valence-corrected chi connectivity index (χ4v) is 4.75. The number of unbranched alkanes of at least 4 members (excludes halogenated alkanes) is 4. The van der Waals surface area contributed by atoms with E-state index in [0.29, 0.717) is 31.5 Å². The molecule has 3 rings (SSSR count). The molecule has 1 aliphatic rings. The normalized spacial score (nSPS) is 16.3. The van der Waals surface area contributed by atoms with Crippen molar-refractivity contribution >= 4 is 21.7 Å². The number of rotatable bonds is 10. The van der Waals surface area contributed by atoms with E-state index in [4.69, 9.17) is 4.18 Å². The minimum atomic E-state index is -3.39. The maximum absolute atomic E-state index is 14.1. The second-order valence-corrected chi connectivity index (χ2v) is 10.2. The van der Waals surface area contributed by atoms with E-state index >= 15 is 0 Å². The Bertz CT molecular complexity index is 1040. The number of anilines is 1. The molecule has 0 saturated carbocycles. The Morgan fingerprint density at radius 3 is 2.39 bits per heavy atom. The van der Waals surface area contributed by atoms with Crippen LogP contribution in [0.2, 0.25) is 0 Å². The van der Waals surface area contributed by atoms with Crippen LogP contribution in [0.3, 0.4) is 0 Å². The van der Waals surface area contributed by atoms with Gasteiger partial charge in [0.25, 0.3) is 10.1 Å². The first-order valence-corrected chi connectivity index (χ1v) is 13.3. The first-order valence-electron chi connectivity index (χ1n) is 11.4. The quantitative estimate of drug-likeness (QED) is 0.332. The monoisotopic (exact) mass is 479 g/mol. The summed E-state index contributed by atoms with van der Waals surface area (Å²) in [6, 6.07) is 11.0. The molecule has 0 spiro atoms. The average Bonchev–Trinajstić information content (AvgIpc) is 2.94. The van der Waals surface area contributed by atoms with Crippen LogP contribution in [0, 0.1) is 11.6 Å². The molecule has 33 heavy (non-hydrogen) atoms. The molecule has 1 unspecified atom stereocenters. The van der Waals surface area contributed by atoms with Gasteiger partial charge in [0.15, 0.2) is 0 Å². The van der Waals surface area contributed by atoms with Crippen LogP contribution in [0.25, 0.3) is 0 Å². The lowest BCUT2D eigenvalue weighted by molar-refractivity contribution is -0.118. The van der Waals surface area contributed by atoms with E-state index in [1.54, 1.807) is 23.1 Å². The van der Waals surface area contributed by atoms with Crippen molar-refractivity contribution in [1.82, 2.24) is 0 Å². The molecule has 180 valence electrons. The molecular weight excluding hydrogens is 448 g/mol. The van der Waals surface area contributed by atoms with E-state index in [0.717, 1.165) is 49.5 Å². The van der Waals surface area contributed by atoms with Gasteiger partial charge in [-0.25, -0.2) is 8.78 Å². The Morgan fingerprint density at radius 2 is 1.67 bits per heavy atom. The lowest BCUT2D eigenvalue weighted by Gasteiger charge is -2.24. The van der Waals surface area contributed by atoms with E-state index in [-0.39, 0.29) is 30.1 Å². The second-order valence-electron chi connectivity index (χ2n) is 8.54. The summed E-state index contributed by atoms with van der Waals surface area (Å²) in [4.78, 5) is 14.7. The molecular formula is C25H31F2NO4S. The van der Waals surface area contributed by atoms with Gasteiger partial charge in [0.05, 0.1) is 18.6 Å². The summed E-state index contributed by atoms with van der Waals surface area (Å²) in [5.74, 6) is -0.732. The summed E-state index contributed by atoms with van der Waals surface area (Å²) in [7, 11) is -3.39. The summed E-state index contributed by atoms with van der Waals surface area (Å²) >= 11 is 0. The smallest absolute Gasteiger partial charge is 0.264 e. The molecule has 0 saturated heterocycles. The summed E-state index contributed by atoms with van der Waals surface area (Å²) in [5, 5.41) is 0. The van der Waals surface area contributed by atoms with Gasteiger partial charge < -0.3 is 4.90 Å². The minimum absolute atomic E-state index is 0.0202. The number of fused-ring (bicyclic) bond motifs is 1. The molecule has 2 aromatic rings. The second kappa shape index (κ2) is 11.7. The summed E-state index contributed by atoms with van der Waals surface area (Å²) in [5.41, 5.74) is 2.45. The predicted molar refractivity (Wildman–Crippen MR) is 125 cm³/mol. The Morgan fingerprint density at radius 1 is 1.00 bits per heavy atom. The molecule has 1 heterocycles. The highest BCUT2D eigenvalue weighted by atomic mass is 32.2. The van der Waals surface area contributed by atoms with Crippen LogP contribution in [-0.2, 0) is 19.1 Å². The van der Waals surface area contributed by atoms with Crippen LogP contribution < -0.4 is 4.90 Å². The zero-order valence-electron chi connectivity index (χ0n) is 18.9. The molecule has 0 radical (unpaired) electrons. The number of amides is 1. The first kappa shape index (κ1) is 25.3. The maximum Gasteiger partial charge on any atom is 0.264 e. The highest BCUT2D eigenvalue weighted by Gasteiger charge is 2.27. The fraction of sp³-hybridized carbons (Fsp3) is 0.480. The highest BCUT2D eigenvalue weighted by Crippen LogP contribution is 2.39. The zero-order valence-corrected chi connectivity index (χ0v) is 19.8. The largest absolute Gasteiger partial charge is 0.312 e. The van der Waals surface area contributed by atoms with Crippen LogP contribution in [0.4, 0.5) is 14.5 Å². The molecule has 1 amide bonds. The third kappa shape index (κ3) is 7.61. The van der Waals surface area contributed by atoms with Crippen molar-refractivity contribution < 1.29 is 26.2 Å². The third-order valence-electron chi connectivity index (χ3n) is 5.94. The number of hydrogen-bond acceptors (Lipinski definition) is 4. The molecule has 8 heteroatoms. The number of carbonyl (C=O) groups is 1. The average molecular weight is 480 g/mol. The molecule has 5 nitrogen and oxygen atoms in total. The Balaban J connectivity index is 1.59. The topological polar surface area (TPSA) is 63.7 Å². The number of carbonyl (C=O) groups excluding carboxylic acids is 1. The standard InChI is InChI=1S/C25H31F2NO4S/c1-33(30,31)32-17-6-4-2-3-5-9-25(29)28-16-7-8-22(19-10-12-20(26)13-11-19)23-15-14-21(27)18-24(23)28/h10-15,18,22H,2-9,16-17H2,1H3. The van der Waals surface area contributed by atoms with E-state index in [2.05, 4.69) is 0 Å². The van der Waals surface area contributed by atoms with Crippen molar-refractivity contribution in [1.29, 1.82) is 0 Å². The van der Waals surface area contributed by atoms with Crippen LogP contribution in [0.5, 0.6) is 0 Å². The number of benzene rings is 2. The van der Waals surface area contributed by atoms with Gasteiger partial charge >= 0.3 is 0 Å². The number of nitrogens with zero attached hydrogens (tertiary/aromatic N) is 1. The third-order valence-corrected chi connectivity index (χ3v) is 6.53. The lowest BCUT2D eigenvalue weighted by atomic mass is 9.87. The minimum Gasteiger partial charge on any atom is -0.312 e. The molecule has 0 N–H and O–H groups in total. The highest BCUT2D eigenvalue weighted by molar-refractivity contribution is 7.85. The van der Waals surface area contributed by atoms with Gasteiger partial charge in [-0.2, -0.15) is 8.42 Å². The van der Waals surface area contributed by atoms with Crippen molar-refractivity contribution in [2.24, 2.45) is 0 Å². The Hall–Kier alpha value is -2.32. The van der Waals surface area contributed by atoms with E-state index in [9.17, 15) is 22.0 Å². The SMILES string of the molecule is CS(=O)(=O)OCCCCCCCC(=O)N1CCCC(c2ccc(F)cc2)c2ccc(F)cc21. The van der Waals surface area contributed by atoms with Gasteiger partial charge in [-0.3, -0.25) is 8.98 Å². The van der Waals surface area contributed by atoms with Crippen molar-refractivity contribution in [3.8, 4) is 0 Å². The van der Waals surface area contributed by atoms with Gasteiger partial charge in [0, 0.05) is 18.9 Å². The zero-order chi connectivity index (χ0) is 23.8. The van der Waals surface area contributed by atoms with Gasteiger partial charge in [0.2, 0.25) is 5.91 Å². The summed E-state index contributed by atoms with van der Waals surface area (Å²) in [6.07, 6.45) is 6.92. The molecule has 0 fully saturated rings. The van der Waals surface area contributed by atoms with Crippen LogP contribution in [0.1, 0.15) is 68.4 Å². The van der Waals surface area contributed by atoms with E-state index < -0.39 is 10.1 Å². The van der Waals surface area contributed by atoms with Crippen LogP contribution in [-0.4, -0.2) is 33.7 Å².